The maximum atomic E-state index is 6.15. The fourth-order valence-corrected chi connectivity index (χ4v) is 2.16. The van der Waals surface area contributed by atoms with Gasteiger partial charge in [0.05, 0.1) is 6.04 Å². The van der Waals surface area contributed by atoms with E-state index in [-0.39, 0.29) is 6.04 Å². The van der Waals surface area contributed by atoms with E-state index in [1.54, 1.807) is 12.1 Å². The average Bonchev–Trinajstić information content (AvgIpc) is 2.69. The van der Waals surface area contributed by atoms with Crippen LogP contribution in [0.15, 0.2) is 28.7 Å². The van der Waals surface area contributed by atoms with Crippen LogP contribution in [0.5, 0.6) is 0 Å². The van der Waals surface area contributed by atoms with Gasteiger partial charge in [-0.3, -0.25) is 0 Å². The molecule has 0 saturated heterocycles. The number of furan rings is 1. The first kappa shape index (κ1) is 12.5. The van der Waals surface area contributed by atoms with Crippen LogP contribution in [0.1, 0.15) is 28.5 Å². The Hall–Kier alpha value is -0.960. The van der Waals surface area contributed by atoms with Crippen molar-refractivity contribution in [1.29, 1.82) is 0 Å². The summed E-state index contributed by atoms with van der Waals surface area (Å²) in [5.74, 6) is 0.653. The van der Waals surface area contributed by atoms with Crippen LogP contribution in [0.3, 0.4) is 0 Å². The fraction of sp³-hybridized carbons (Fsp3) is 0.231. The predicted octanol–water partition coefficient (Wildman–Crippen LogP) is 4.25. The van der Waals surface area contributed by atoms with Gasteiger partial charge in [0.2, 0.25) is 0 Å². The van der Waals surface area contributed by atoms with E-state index in [1.807, 2.05) is 26.0 Å². The first-order valence-electron chi connectivity index (χ1n) is 5.26. The van der Waals surface area contributed by atoms with Crippen molar-refractivity contribution in [3.05, 3.63) is 57.0 Å². The van der Waals surface area contributed by atoms with Crippen molar-refractivity contribution < 1.29 is 4.42 Å². The summed E-state index contributed by atoms with van der Waals surface area (Å²) in [7, 11) is 0. The highest BCUT2D eigenvalue weighted by Gasteiger charge is 2.16. The smallest absolute Gasteiger partial charge is 0.193 e. The van der Waals surface area contributed by atoms with Gasteiger partial charge < -0.3 is 10.2 Å². The monoisotopic (exact) mass is 269 g/mol. The molecule has 0 aliphatic heterocycles. The van der Waals surface area contributed by atoms with Crippen LogP contribution >= 0.6 is 23.2 Å². The normalized spacial score (nSPS) is 12.8. The van der Waals surface area contributed by atoms with E-state index in [0.717, 1.165) is 21.7 Å². The molecule has 1 atom stereocenters. The largest absolute Gasteiger partial charge is 0.448 e. The Morgan fingerprint density at radius 1 is 1.12 bits per heavy atom. The Morgan fingerprint density at radius 2 is 1.82 bits per heavy atom. The summed E-state index contributed by atoms with van der Waals surface area (Å²) in [6, 6.07) is 7.05. The molecule has 0 saturated carbocycles. The summed E-state index contributed by atoms with van der Waals surface area (Å²) < 4.78 is 5.33. The molecule has 2 rings (SSSR count). The molecule has 1 aromatic heterocycles. The molecule has 2 aromatic rings. The van der Waals surface area contributed by atoms with Gasteiger partial charge >= 0.3 is 0 Å². The lowest BCUT2D eigenvalue weighted by Crippen LogP contribution is -2.12. The number of halogens is 2. The summed E-state index contributed by atoms with van der Waals surface area (Å²) in [6.07, 6.45) is 0. The number of nitrogens with two attached hydrogens (primary N) is 1. The lowest BCUT2D eigenvalue weighted by Gasteiger charge is -2.14. The summed E-state index contributed by atoms with van der Waals surface area (Å²) >= 11 is 11.8. The van der Waals surface area contributed by atoms with E-state index in [9.17, 15) is 0 Å². The number of rotatable bonds is 2. The second kappa shape index (κ2) is 4.73. The minimum atomic E-state index is -0.321. The van der Waals surface area contributed by atoms with Gasteiger partial charge in [-0.2, -0.15) is 0 Å². The molecule has 0 aliphatic rings. The van der Waals surface area contributed by atoms with E-state index >= 15 is 0 Å². The molecule has 17 heavy (non-hydrogen) atoms. The minimum Gasteiger partial charge on any atom is -0.448 e. The van der Waals surface area contributed by atoms with Gasteiger partial charge in [0.1, 0.15) is 5.76 Å². The maximum absolute atomic E-state index is 6.15. The standard InChI is InChI=1S/C13H13Cl2NO/c1-7-6-10(14)8(2)5-9(7)13(16)11-3-4-12(15)17-11/h3-6,13H,16H2,1-2H3. The predicted molar refractivity (Wildman–Crippen MR) is 70.7 cm³/mol. The van der Waals surface area contributed by atoms with Gasteiger partial charge in [0.25, 0.3) is 0 Å². The second-order valence-electron chi connectivity index (χ2n) is 4.08. The lowest BCUT2D eigenvalue weighted by molar-refractivity contribution is 0.491. The Morgan fingerprint density at radius 3 is 2.41 bits per heavy atom. The van der Waals surface area contributed by atoms with Gasteiger partial charge in [0.15, 0.2) is 5.22 Å². The van der Waals surface area contributed by atoms with Crippen molar-refractivity contribution in [2.75, 3.05) is 0 Å². The lowest BCUT2D eigenvalue weighted by atomic mass is 9.98. The molecule has 2 N–H and O–H groups in total. The zero-order chi connectivity index (χ0) is 12.6. The summed E-state index contributed by atoms with van der Waals surface area (Å²) in [6.45, 7) is 3.93. The van der Waals surface area contributed by atoms with Gasteiger partial charge in [-0.15, -0.1) is 0 Å². The van der Waals surface area contributed by atoms with E-state index in [1.165, 1.54) is 0 Å². The third-order valence-corrected chi connectivity index (χ3v) is 3.39. The fourth-order valence-electron chi connectivity index (χ4n) is 1.79. The number of hydrogen-bond donors (Lipinski definition) is 1. The topological polar surface area (TPSA) is 39.2 Å². The Labute approximate surface area is 110 Å². The molecule has 2 nitrogen and oxygen atoms in total. The van der Waals surface area contributed by atoms with E-state index < -0.39 is 0 Å². The van der Waals surface area contributed by atoms with E-state index in [0.29, 0.717) is 11.0 Å². The van der Waals surface area contributed by atoms with Crippen LogP contribution < -0.4 is 5.73 Å². The highest BCUT2D eigenvalue weighted by molar-refractivity contribution is 6.31. The van der Waals surface area contributed by atoms with Crippen LogP contribution in [-0.4, -0.2) is 0 Å². The second-order valence-corrected chi connectivity index (χ2v) is 4.86. The zero-order valence-electron chi connectivity index (χ0n) is 9.63. The van der Waals surface area contributed by atoms with Crippen LogP contribution in [-0.2, 0) is 0 Å². The molecule has 0 spiro atoms. The van der Waals surface area contributed by atoms with Crippen molar-refractivity contribution in [2.45, 2.75) is 19.9 Å². The van der Waals surface area contributed by atoms with E-state index in [4.69, 9.17) is 33.4 Å². The molecule has 1 aromatic carbocycles. The van der Waals surface area contributed by atoms with Crippen LogP contribution in [0.2, 0.25) is 10.2 Å². The van der Waals surface area contributed by atoms with Crippen LogP contribution in [0, 0.1) is 13.8 Å². The van der Waals surface area contributed by atoms with Crippen molar-refractivity contribution >= 4 is 23.2 Å². The van der Waals surface area contributed by atoms with Gasteiger partial charge in [-0.25, -0.2) is 0 Å². The van der Waals surface area contributed by atoms with E-state index in [2.05, 4.69) is 0 Å². The molecule has 1 unspecified atom stereocenters. The Bertz CT molecular complexity index is 548. The Kier molecular flexibility index (Phi) is 3.48. The first-order valence-corrected chi connectivity index (χ1v) is 6.02. The summed E-state index contributed by atoms with van der Waals surface area (Å²) in [4.78, 5) is 0. The highest BCUT2D eigenvalue weighted by atomic mass is 35.5. The summed E-state index contributed by atoms with van der Waals surface area (Å²) in [5.41, 5.74) is 9.19. The van der Waals surface area contributed by atoms with Crippen LogP contribution in [0.25, 0.3) is 0 Å². The van der Waals surface area contributed by atoms with Crippen molar-refractivity contribution in [3.8, 4) is 0 Å². The van der Waals surface area contributed by atoms with Gasteiger partial charge in [-0.1, -0.05) is 17.7 Å². The first-order chi connectivity index (χ1) is 7.99. The molecule has 0 radical (unpaired) electrons. The molecule has 0 amide bonds. The SMILES string of the molecule is Cc1cc(C(N)c2ccc(Cl)o2)c(C)cc1Cl. The number of aryl methyl sites for hydroxylation is 2. The maximum Gasteiger partial charge on any atom is 0.193 e. The molecule has 0 aliphatic carbocycles. The molecular formula is C13H13Cl2NO. The summed E-state index contributed by atoms with van der Waals surface area (Å²) in [5, 5.41) is 1.09. The number of benzene rings is 1. The van der Waals surface area contributed by atoms with Crippen molar-refractivity contribution in [3.63, 3.8) is 0 Å². The molecular weight excluding hydrogens is 257 g/mol. The minimum absolute atomic E-state index is 0.321. The average molecular weight is 270 g/mol. The quantitative estimate of drug-likeness (QED) is 0.885. The number of hydrogen-bond acceptors (Lipinski definition) is 2. The molecule has 0 bridgehead atoms. The van der Waals surface area contributed by atoms with Gasteiger partial charge in [-0.05, 0) is 60.3 Å². The van der Waals surface area contributed by atoms with Crippen LogP contribution in [0.4, 0.5) is 0 Å². The van der Waals surface area contributed by atoms with Crippen molar-refractivity contribution in [2.24, 2.45) is 5.73 Å². The molecule has 0 fully saturated rings. The molecule has 1 heterocycles. The Balaban J connectivity index is 2.43. The third-order valence-electron chi connectivity index (χ3n) is 2.78. The van der Waals surface area contributed by atoms with Gasteiger partial charge in [0, 0.05) is 5.02 Å². The molecule has 90 valence electrons. The highest BCUT2D eigenvalue weighted by Crippen LogP contribution is 2.29. The van der Waals surface area contributed by atoms with Crippen molar-refractivity contribution in [1.82, 2.24) is 0 Å². The third kappa shape index (κ3) is 2.49. The molecule has 4 heteroatoms. The zero-order valence-corrected chi connectivity index (χ0v) is 11.1.